The Morgan fingerprint density at radius 2 is 0.950 bits per heavy atom. The number of rotatable bonds is 24. The molecule has 0 spiro atoms. The highest BCUT2D eigenvalue weighted by Crippen LogP contribution is 2.36. The molecule has 8 aromatic carbocycles. The molecule has 606 valence electrons. The second-order valence-corrected chi connectivity index (χ2v) is 30.3. The van der Waals surface area contributed by atoms with Crippen molar-refractivity contribution < 1.29 is 55.2 Å². The number of anilines is 7. The van der Waals surface area contributed by atoms with Crippen LogP contribution in [0.25, 0.3) is 67.6 Å². The average Bonchev–Trinajstić information content (AvgIpc) is 1.67. The fourth-order valence-corrected chi connectivity index (χ4v) is 14.3. The highest BCUT2D eigenvalue weighted by atomic mass is 32.2. The van der Waals surface area contributed by atoms with E-state index in [9.17, 15) is 36.2 Å². The molecule has 9 heterocycles. The lowest BCUT2D eigenvalue weighted by Crippen LogP contribution is -2.36. The van der Waals surface area contributed by atoms with Gasteiger partial charge in [-0.1, -0.05) is 67.6 Å². The van der Waals surface area contributed by atoms with Gasteiger partial charge in [0.1, 0.15) is 11.6 Å². The predicted octanol–water partition coefficient (Wildman–Crippen LogP) is 14.2. The van der Waals surface area contributed by atoms with Crippen LogP contribution in [0, 0.1) is 5.82 Å². The van der Waals surface area contributed by atoms with Gasteiger partial charge in [-0.05, 0) is 138 Å². The number of carbonyl (C=O) groups excluding carboxylic acids is 1. The van der Waals surface area contributed by atoms with Crippen molar-refractivity contribution in [1.29, 1.82) is 0 Å². The van der Waals surface area contributed by atoms with E-state index in [4.69, 9.17) is 24.1 Å². The van der Waals surface area contributed by atoms with Gasteiger partial charge in [0.25, 0.3) is 0 Å². The van der Waals surface area contributed by atoms with Crippen LogP contribution in [0.15, 0.2) is 261 Å². The topological polar surface area (TPSA) is 373 Å². The third-order valence-electron chi connectivity index (χ3n) is 19.1. The summed E-state index contributed by atoms with van der Waals surface area (Å²) < 4.78 is 90.8. The molecule has 119 heavy (non-hydrogen) atoms. The van der Waals surface area contributed by atoms with E-state index in [-0.39, 0.29) is 28.0 Å². The zero-order valence-electron chi connectivity index (χ0n) is 65.1. The number of methoxy groups -OCH3 is 3. The van der Waals surface area contributed by atoms with Crippen molar-refractivity contribution in [3.05, 3.63) is 284 Å². The molecule has 1 aliphatic heterocycles. The first-order valence-electron chi connectivity index (χ1n) is 37.3. The number of primary sulfonamides is 1. The van der Waals surface area contributed by atoms with E-state index in [1.54, 1.807) is 143 Å². The number of nitrogens with two attached hydrogens (primary N) is 1. The van der Waals surface area contributed by atoms with Crippen LogP contribution in [0.4, 0.5) is 44.7 Å². The molecule has 16 aromatic rings. The summed E-state index contributed by atoms with van der Waals surface area (Å²) in [6.45, 7) is 6.63. The van der Waals surface area contributed by atoms with Crippen LogP contribution >= 0.6 is 0 Å². The molecule has 8 aromatic heterocycles. The van der Waals surface area contributed by atoms with E-state index in [0.29, 0.717) is 83.6 Å². The molecule has 17 rings (SSSR count). The number of benzene rings is 8. The van der Waals surface area contributed by atoms with Crippen LogP contribution in [0.1, 0.15) is 40.4 Å². The van der Waals surface area contributed by atoms with Crippen LogP contribution in [0.5, 0.6) is 28.7 Å². The van der Waals surface area contributed by atoms with E-state index >= 15 is 0 Å². The Kier molecular flexibility index (Phi) is 24.9. The predicted molar refractivity (Wildman–Crippen MR) is 455 cm³/mol. The summed E-state index contributed by atoms with van der Waals surface area (Å²) in [5, 5.41) is 37.6. The number of fused-ring (bicyclic) bond motifs is 4. The number of phenolic OH excluding ortho intramolecular Hbond substituents is 2. The lowest BCUT2D eigenvalue weighted by molar-refractivity contribution is 0.0988. The van der Waals surface area contributed by atoms with Crippen molar-refractivity contribution >= 4 is 88.8 Å². The molecule has 0 amide bonds. The zero-order valence-corrected chi connectivity index (χ0v) is 66.7. The molecule has 0 aliphatic carbocycles. The highest BCUT2D eigenvalue weighted by Gasteiger charge is 2.20. The van der Waals surface area contributed by atoms with Gasteiger partial charge in [-0.15, -0.1) is 0 Å². The van der Waals surface area contributed by atoms with Crippen LogP contribution < -0.4 is 50.2 Å². The van der Waals surface area contributed by atoms with Crippen LogP contribution in [0.2, 0.25) is 0 Å². The Labute approximate surface area is 683 Å². The second kappa shape index (κ2) is 36.5. The Bertz CT molecular complexity index is 6510. The SMILES string of the molecule is CCC(=O)c1ccc(CNc2nccn3c(-c4ccc(O)cc4)cnc23)cc1.COc1cc(-c2cnc3c(NCc4cccc(S(N)(=O)=O)c4)nccn23)ccc1O.COc1ccc(-c2cnc3c(Nc4ccc(N5CCOCC5)cc4)nccn23)cc1OC.CS(=O)(=O)Nc1cccc(-c2cnc3c(NCc4ccc(F)cc4)nccn23)c1. The Morgan fingerprint density at radius 3 is 1.46 bits per heavy atom. The Morgan fingerprint density at radius 1 is 0.487 bits per heavy atom. The fraction of sp³-hybridized carbons (Fsp3) is 0.151. The number of halogens is 1. The number of nitrogens with zero attached hydrogens (tertiary/aromatic N) is 13. The highest BCUT2D eigenvalue weighted by molar-refractivity contribution is 7.92. The molecular weight excluding hydrogens is 1560 g/mol. The van der Waals surface area contributed by atoms with Crippen LogP contribution in [0.3, 0.4) is 0 Å². The molecule has 0 radical (unpaired) electrons. The van der Waals surface area contributed by atoms with Crippen molar-refractivity contribution in [1.82, 2.24) is 57.5 Å². The number of ketones is 1. The minimum Gasteiger partial charge on any atom is -0.508 e. The normalized spacial score (nSPS) is 12.0. The number of Topliss-reactive ketones (excluding diaryl/α,β-unsaturated/α-hetero) is 1. The smallest absolute Gasteiger partial charge is 0.238 e. The number of hydrogen-bond donors (Lipinski definition) is 8. The van der Waals surface area contributed by atoms with Crippen LogP contribution in [-0.2, 0) is 44.4 Å². The first kappa shape index (κ1) is 81.0. The van der Waals surface area contributed by atoms with Gasteiger partial charge in [0.05, 0.1) is 93.3 Å². The number of hydrogen-bond acceptors (Lipinski definition) is 24. The number of imidazole rings is 4. The lowest BCUT2D eigenvalue weighted by Gasteiger charge is -2.28. The summed E-state index contributed by atoms with van der Waals surface area (Å²) in [5.41, 5.74) is 15.8. The minimum absolute atomic E-state index is 0.0531. The van der Waals surface area contributed by atoms with Gasteiger partial charge in [-0.2, -0.15) is 0 Å². The summed E-state index contributed by atoms with van der Waals surface area (Å²) in [6.07, 6.45) is 22.8. The number of carbonyl (C=O) groups is 1. The quantitative estimate of drug-likeness (QED) is 0.0260. The third-order valence-corrected chi connectivity index (χ3v) is 20.6. The summed E-state index contributed by atoms with van der Waals surface area (Å²) in [7, 11) is -2.38. The van der Waals surface area contributed by atoms with E-state index < -0.39 is 20.0 Å². The number of morpholine rings is 1. The first-order valence-corrected chi connectivity index (χ1v) is 40.8. The summed E-state index contributed by atoms with van der Waals surface area (Å²) in [5.74, 6) is 4.38. The Balaban J connectivity index is 0.000000130. The number of aromatic hydroxyl groups is 2. The number of ether oxygens (including phenoxy) is 4. The average molecular weight is 1640 g/mol. The molecule has 33 heteroatoms. The van der Waals surface area contributed by atoms with Crippen LogP contribution in [-0.4, -0.2) is 144 Å². The maximum absolute atomic E-state index is 13.1. The number of nitrogens with one attached hydrogen (secondary N) is 5. The summed E-state index contributed by atoms with van der Waals surface area (Å²) in [6, 6.07) is 53.6. The van der Waals surface area contributed by atoms with E-state index in [2.05, 4.69) is 95.0 Å². The molecule has 0 saturated carbocycles. The van der Waals surface area contributed by atoms with E-state index in [1.807, 2.05) is 104 Å². The molecule has 1 fully saturated rings. The van der Waals surface area contributed by atoms with Crippen molar-refractivity contribution in [2.45, 2.75) is 37.9 Å². The van der Waals surface area contributed by atoms with Gasteiger partial charge < -0.3 is 55.3 Å². The van der Waals surface area contributed by atoms with Gasteiger partial charge in [0, 0.05) is 134 Å². The molecule has 0 bridgehead atoms. The monoisotopic (exact) mass is 1640 g/mol. The standard InChI is InChI=1S/C24H25N5O3.C22H20N4O2.C20H18FN5O2S.C20H19N5O4S/c1-30-21-8-3-17(15-22(21)31-2)20-16-26-24-23(25-9-10-29(20)24)27-18-4-6-19(7-5-18)28-11-13-32-14-12-28;1-2-20(28)17-5-3-15(4-6-17)13-24-21-22-25-14-19(26(22)12-11-23-21)16-7-9-18(27)10-8-16;1-29(27,28)25-17-4-2-3-15(11-17)18-13-24-20-19(22-9-10-26(18)20)23-12-14-5-7-16(21)8-6-14;1-29-18-10-14(5-6-17(18)26)16-12-24-20-19(22-7-8-25(16)20)23-11-13-3-2-4-15(9-13)30(21,27)28/h3-10,15-16H,11-14H2,1-2H3,(H,25,27);3-12,14,27H,2,13H2,1H3,(H,23,24);2-11,13,25H,12H2,1H3,(H,22,23);2-10,12,26H,11H2,1H3,(H,22,23)(H2,21,27,28). The number of sulfonamides is 2. The molecule has 1 saturated heterocycles. The van der Waals surface area contributed by atoms with E-state index in [1.165, 1.54) is 37.1 Å². The minimum atomic E-state index is -3.77. The molecule has 9 N–H and O–H groups in total. The van der Waals surface area contributed by atoms with Crippen molar-refractivity contribution in [3.63, 3.8) is 0 Å². The first-order chi connectivity index (χ1) is 57.7. The van der Waals surface area contributed by atoms with Gasteiger partial charge in [0.15, 0.2) is 74.6 Å². The largest absolute Gasteiger partial charge is 0.508 e. The molecule has 0 atom stereocenters. The third kappa shape index (κ3) is 19.5. The van der Waals surface area contributed by atoms with Gasteiger partial charge in [-0.25, -0.2) is 66.2 Å². The maximum atomic E-state index is 13.1. The van der Waals surface area contributed by atoms with Gasteiger partial charge in [-0.3, -0.25) is 27.1 Å². The fourth-order valence-electron chi connectivity index (χ4n) is 13.1. The zero-order chi connectivity index (χ0) is 83.2. The molecule has 1 aliphatic rings. The van der Waals surface area contributed by atoms with E-state index in [0.717, 1.165) is 117 Å². The summed E-state index contributed by atoms with van der Waals surface area (Å²) in [4.78, 5) is 49.8. The summed E-state index contributed by atoms with van der Waals surface area (Å²) >= 11 is 0. The molecule has 0 unspecified atom stereocenters. The van der Waals surface area contributed by atoms with Gasteiger partial charge >= 0.3 is 0 Å². The number of phenols is 2. The molecule has 30 nitrogen and oxygen atoms in total. The second-order valence-electron chi connectivity index (χ2n) is 27.0. The Hall–Kier alpha value is -14.5. The van der Waals surface area contributed by atoms with Crippen molar-refractivity contribution in [2.24, 2.45) is 5.14 Å². The van der Waals surface area contributed by atoms with Crippen molar-refractivity contribution in [3.8, 4) is 73.8 Å². The molecular formula is C86H82FN19O11S2. The van der Waals surface area contributed by atoms with Gasteiger partial charge in [0.2, 0.25) is 20.0 Å². The number of aromatic nitrogens is 12. The maximum Gasteiger partial charge on any atom is 0.238 e. The lowest BCUT2D eigenvalue weighted by atomic mass is 10.1. The van der Waals surface area contributed by atoms with Crippen molar-refractivity contribution in [2.75, 3.05) is 84.8 Å².